The molecular formula is C20H23ClN4O4. The van der Waals surface area contributed by atoms with E-state index in [1.165, 1.54) is 28.9 Å². The topological polar surface area (TPSA) is 107 Å². The number of phenolic OH excluding ortho intramolecular Hbond substituents is 1. The van der Waals surface area contributed by atoms with Crippen LogP contribution in [0.25, 0.3) is 0 Å². The lowest BCUT2D eigenvalue weighted by Gasteiger charge is -2.19. The molecule has 4 rings (SSSR count). The van der Waals surface area contributed by atoms with Crippen LogP contribution in [0, 0.1) is 11.8 Å². The highest BCUT2D eigenvalue weighted by Crippen LogP contribution is 2.41. The second-order valence-corrected chi connectivity index (χ2v) is 8.18. The molecule has 0 spiro atoms. The zero-order valence-corrected chi connectivity index (χ0v) is 16.8. The van der Waals surface area contributed by atoms with Crippen LogP contribution >= 0.6 is 11.6 Å². The molecule has 1 aromatic carbocycles. The number of nitrogens with zero attached hydrogens (tertiary/aromatic N) is 2. The maximum atomic E-state index is 12.9. The molecule has 2 amide bonds. The molecule has 154 valence electrons. The maximum Gasteiger partial charge on any atom is 0.272 e. The van der Waals surface area contributed by atoms with Gasteiger partial charge in [-0.3, -0.25) is 24.2 Å². The minimum atomic E-state index is -0.335. The van der Waals surface area contributed by atoms with Crippen molar-refractivity contribution in [1.82, 2.24) is 20.0 Å². The lowest BCUT2D eigenvalue weighted by molar-refractivity contribution is 0.0773. The number of likely N-dealkylation sites (tertiary alicyclic amines) is 1. The summed E-state index contributed by atoms with van der Waals surface area (Å²) in [5.41, 5.74) is 0.302. The first kappa shape index (κ1) is 19.6. The molecule has 1 aliphatic carbocycles. The number of aromatic amines is 1. The van der Waals surface area contributed by atoms with Crippen LogP contribution in [0.15, 0.2) is 29.1 Å². The highest BCUT2D eigenvalue weighted by atomic mass is 35.5. The number of amides is 2. The van der Waals surface area contributed by atoms with Gasteiger partial charge in [0.15, 0.2) is 0 Å². The predicted octanol–water partition coefficient (Wildman–Crippen LogP) is 1.84. The van der Waals surface area contributed by atoms with E-state index in [1.54, 1.807) is 4.90 Å². The summed E-state index contributed by atoms with van der Waals surface area (Å²) in [4.78, 5) is 39.1. The standard InChI is InChI=1S/C20H23ClN4O4/c1-2-25-18(27)8-16(23-25)20(29)24-9-15(11-3-4-11)17(10-24)22-19(28)12-5-13(21)7-14(26)6-12/h5-8,11,15,17,23,26H,2-4,9-10H2,1H3,(H,22,28)/t15-,17+/m0/s1. The number of hydrogen-bond acceptors (Lipinski definition) is 4. The number of phenols is 1. The lowest BCUT2D eigenvalue weighted by atomic mass is 9.98. The predicted molar refractivity (Wildman–Crippen MR) is 107 cm³/mol. The van der Waals surface area contributed by atoms with E-state index >= 15 is 0 Å². The van der Waals surface area contributed by atoms with Gasteiger partial charge in [-0.2, -0.15) is 0 Å². The molecule has 2 fully saturated rings. The zero-order valence-electron chi connectivity index (χ0n) is 16.0. The van der Waals surface area contributed by atoms with Gasteiger partial charge in [-0.15, -0.1) is 0 Å². The molecule has 0 radical (unpaired) electrons. The van der Waals surface area contributed by atoms with E-state index in [1.807, 2.05) is 6.92 Å². The molecule has 3 N–H and O–H groups in total. The van der Waals surface area contributed by atoms with Crippen molar-refractivity contribution >= 4 is 23.4 Å². The number of carbonyl (C=O) groups excluding carboxylic acids is 2. The number of nitrogens with one attached hydrogen (secondary N) is 2. The Balaban J connectivity index is 1.50. The van der Waals surface area contributed by atoms with Crippen molar-refractivity contribution in [2.75, 3.05) is 13.1 Å². The van der Waals surface area contributed by atoms with Crippen LogP contribution in [0.3, 0.4) is 0 Å². The van der Waals surface area contributed by atoms with E-state index in [0.29, 0.717) is 25.6 Å². The molecule has 1 saturated carbocycles. The third-order valence-corrected chi connectivity index (χ3v) is 5.90. The van der Waals surface area contributed by atoms with Crippen LogP contribution in [0.1, 0.15) is 40.6 Å². The molecule has 0 bridgehead atoms. The summed E-state index contributed by atoms with van der Waals surface area (Å²) in [7, 11) is 0. The molecule has 2 aliphatic rings. The van der Waals surface area contributed by atoms with Gasteiger partial charge in [0.2, 0.25) is 0 Å². The van der Waals surface area contributed by atoms with Gasteiger partial charge < -0.3 is 15.3 Å². The van der Waals surface area contributed by atoms with E-state index in [-0.39, 0.29) is 51.4 Å². The number of aryl methyl sites for hydroxylation is 1. The molecule has 1 aliphatic heterocycles. The fraction of sp³-hybridized carbons (Fsp3) is 0.450. The molecule has 1 aromatic heterocycles. The SMILES string of the molecule is CCn1[nH]c(C(=O)N2C[C@@H](NC(=O)c3cc(O)cc(Cl)c3)[C@H](C3CC3)C2)cc1=O. The van der Waals surface area contributed by atoms with E-state index in [2.05, 4.69) is 10.4 Å². The minimum absolute atomic E-state index is 0.0750. The number of halogens is 1. The summed E-state index contributed by atoms with van der Waals surface area (Å²) < 4.78 is 1.38. The summed E-state index contributed by atoms with van der Waals surface area (Å²) >= 11 is 5.94. The Labute approximate surface area is 172 Å². The molecule has 8 nitrogen and oxygen atoms in total. The summed E-state index contributed by atoms with van der Waals surface area (Å²) in [5, 5.41) is 15.8. The molecule has 29 heavy (non-hydrogen) atoms. The van der Waals surface area contributed by atoms with E-state index < -0.39 is 0 Å². The van der Waals surface area contributed by atoms with Crippen LogP contribution in [-0.2, 0) is 6.54 Å². The van der Waals surface area contributed by atoms with Crippen molar-refractivity contribution in [3.05, 3.63) is 50.9 Å². The van der Waals surface area contributed by atoms with Gasteiger partial charge in [-0.1, -0.05) is 11.6 Å². The molecule has 0 unspecified atom stereocenters. The van der Waals surface area contributed by atoms with Crippen molar-refractivity contribution in [3.8, 4) is 5.75 Å². The average Bonchev–Trinajstić information content (AvgIpc) is 3.32. The summed E-state index contributed by atoms with van der Waals surface area (Å²) in [6.45, 7) is 3.19. The number of benzene rings is 1. The second kappa shape index (κ2) is 7.59. The number of hydrogen-bond donors (Lipinski definition) is 3. The van der Waals surface area contributed by atoms with Crippen molar-refractivity contribution < 1.29 is 14.7 Å². The fourth-order valence-corrected chi connectivity index (χ4v) is 4.28. The van der Waals surface area contributed by atoms with Gasteiger partial charge in [-0.25, -0.2) is 0 Å². The Morgan fingerprint density at radius 1 is 1.24 bits per heavy atom. The highest BCUT2D eigenvalue weighted by molar-refractivity contribution is 6.31. The zero-order chi connectivity index (χ0) is 20.7. The van der Waals surface area contributed by atoms with Crippen LogP contribution in [-0.4, -0.2) is 50.7 Å². The van der Waals surface area contributed by atoms with E-state index in [0.717, 1.165) is 12.8 Å². The monoisotopic (exact) mass is 418 g/mol. The largest absolute Gasteiger partial charge is 0.508 e. The van der Waals surface area contributed by atoms with Gasteiger partial charge in [0, 0.05) is 42.2 Å². The van der Waals surface area contributed by atoms with Gasteiger partial charge >= 0.3 is 0 Å². The van der Waals surface area contributed by atoms with Gasteiger partial charge in [0.1, 0.15) is 11.4 Å². The third kappa shape index (κ3) is 4.03. The Kier molecular flexibility index (Phi) is 5.12. The Morgan fingerprint density at radius 3 is 2.62 bits per heavy atom. The summed E-state index contributed by atoms with van der Waals surface area (Å²) in [5.74, 6) is -0.00906. The first-order valence-corrected chi connectivity index (χ1v) is 10.1. The third-order valence-electron chi connectivity index (χ3n) is 5.68. The summed E-state index contributed by atoms with van der Waals surface area (Å²) in [6.07, 6.45) is 2.17. The Bertz CT molecular complexity index is 990. The maximum absolute atomic E-state index is 12.9. The van der Waals surface area contributed by atoms with Crippen molar-refractivity contribution in [3.63, 3.8) is 0 Å². The van der Waals surface area contributed by atoms with Crippen LogP contribution < -0.4 is 10.9 Å². The normalized spacial score (nSPS) is 21.4. The molecular weight excluding hydrogens is 396 g/mol. The Hall–Kier alpha value is -2.74. The molecule has 2 atom stereocenters. The lowest BCUT2D eigenvalue weighted by Crippen LogP contribution is -2.41. The molecule has 1 saturated heterocycles. The first-order chi connectivity index (χ1) is 13.9. The number of carbonyl (C=O) groups is 2. The smallest absolute Gasteiger partial charge is 0.272 e. The Morgan fingerprint density at radius 2 is 2.00 bits per heavy atom. The highest BCUT2D eigenvalue weighted by Gasteiger charge is 2.44. The molecule has 2 aromatic rings. The number of rotatable bonds is 5. The van der Waals surface area contributed by atoms with Gasteiger partial charge in [0.25, 0.3) is 17.4 Å². The van der Waals surface area contributed by atoms with Gasteiger partial charge in [0.05, 0.1) is 6.04 Å². The molecule has 2 heterocycles. The second-order valence-electron chi connectivity index (χ2n) is 7.74. The van der Waals surface area contributed by atoms with Gasteiger partial charge in [-0.05, 0) is 43.9 Å². The molecule has 9 heteroatoms. The average molecular weight is 419 g/mol. The van der Waals surface area contributed by atoms with Crippen LogP contribution in [0.5, 0.6) is 5.75 Å². The van der Waals surface area contributed by atoms with Crippen molar-refractivity contribution in [1.29, 1.82) is 0 Å². The number of H-pyrrole nitrogens is 1. The first-order valence-electron chi connectivity index (χ1n) is 9.75. The summed E-state index contributed by atoms with van der Waals surface area (Å²) in [6, 6.07) is 5.35. The van der Waals surface area contributed by atoms with Crippen molar-refractivity contribution in [2.24, 2.45) is 11.8 Å². The number of aromatic hydroxyl groups is 1. The quantitative estimate of drug-likeness (QED) is 0.688. The fourth-order valence-electron chi connectivity index (χ4n) is 4.06. The van der Waals surface area contributed by atoms with Crippen LogP contribution in [0.2, 0.25) is 5.02 Å². The van der Waals surface area contributed by atoms with E-state index in [9.17, 15) is 19.5 Å². The van der Waals surface area contributed by atoms with E-state index in [4.69, 9.17) is 11.6 Å². The van der Waals surface area contributed by atoms with Crippen molar-refractivity contribution in [2.45, 2.75) is 32.4 Å². The van der Waals surface area contributed by atoms with Crippen LogP contribution in [0.4, 0.5) is 0 Å². The number of aromatic nitrogens is 2. The minimum Gasteiger partial charge on any atom is -0.508 e.